The summed E-state index contributed by atoms with van der Waals surface area (Å²) in [6.45, 7) is 4.65. The van der Waals surface area contributed by atoms with E-state index in [1.165, 1.54) is 18.4 Å². The monoisotopic (exact) mass is 390 g/mol. The summed E-state index contributed by atoms with van der Waals surface area (Å²) < 4.78 is 28.3. The van der Waals surface area contributed by atoms with Crippen molar-refractivity contribution in [3.63, 3.8) is 0 Å². The number of nitrogens with zero attached hydrogens (tertiary/aromatic N) is 1. The molecule has 142 valence electrons. The zero-order valence-electron chi connectivity index (χ0n) is 14.7. The molecule has 2 N–H and O–H groups in total. The van der Waals surface area contributed by atoms with E-state index in [0.717, 1.165) is 19.5 Å². The zero-order chi connectivity index (χ0) is 17.8. The van der Waals surface area contributed by atoms with Gasteiger partial charge < -0.3 is 15.4 Å². The van der Waals surface area contributed by atoms with Gasteiger partial charge in [0.2, 0.25) is 5.91 Å². The lowest BCUT2D eigenvalue weighted by molar-refractivity contribution is -0.130. The van der Waals surface area contributed by atoms with E-state index in [1.54, 1.807) is 12.1 Å². The van der Waals surface area contributed by atoms with E-state index in [1.807, 2.05) is 4.90 Å². The minimum atomic E-state index is -3.19. The van der Waals surface area contributed by atoms with Crippen LogP contribution in [0.15, 0.2) is 29.2 Å². The van der Waals surface area contributed by atoms with Crippen LogP contribution < -0.4 is 10.5 Å². The summed E-state index contributed by atoms with van der Waals surface area (Å²) in [4.78, 5) is 14.3. The van der Waals surface area contributed by atoms with Crippen molar-refractivity contribution in [2.75, 3.05) is 32.5 Å². The molecular weight excluding hydrogens is 364 g/mol. The third-order valence-corrected chi connectivity index (χ3v) is 5.59. The second-order valence-electron chi connectivity index (χ2n) is 6.78. The largest absolute Gasteiger partial charge is 0.494 e. The summed E-state index contributed by atoms with van der Waals surface area (Å²) in [5, 5.41) is 0. The molecule has 1 aromatic carbocycles. The fourth-order valence-corrected chi connectivity index (χ4v) is 3.39. The zero-order valence-corrected chi connectivity index (χ0v) is 16.4. The first-order valence-electron chi connectivity index (χ1n) is 8.14. The molecule has 0 saturated carbocycles. The molecule has 1 heterocycles. The molecule has 0 aromatic heterocycles. The van der Waals surface area contributed by atoms with Crippen LogP contribution >= 0.6 is 12.4 Å². The van der Waals surface area contributed by atoms with Crippen LogP contribution in [0.5, 0.6) is 5.75 Å². The van der Waals surface area contributed by atoms with E-state index in [4.69, 9.17) is 10.5 Å². The number of carbonyl (C=O) groups is 1. The highest BCUT2D eigenvalue weighted by Gasteiger charge is 2.34. The molecule has 1 aliphatic heterocycles. The second kappa shape index (κ2) is 8.87. The Kier molecular flexibility index (Phi) is 7.71. The van der Waals surface area contributed by atoms with Gasteiger partial charge >= 0.3 is 0 Å². The first kappa shape index (κ1) is 21.7. The Bertz CT molecular complexity index is 678. The Morgan fingerprint density at radius 2 is 1.96 bits per heavy atom. The topological polar surface area (TPSA) is 89.7 Å². The van der Waals surface area contributed by atoms with Crippen LogP contribution in [-0.2, 0) is 14.6 Å². The molecule has 8 heteroatoms. The van der Waals surface area contributed by atoms with E-state index < -0.39 is 9.84 Å². The van der Waals surface area contributed by atoms with Crippen molar-refractivity contribution in [1.82, 2.24) is 4.90 Å². The maximum absolute atomic E-state index is 12.2. The van der Waals surface area contributed by atoms with E-state index in [0.29, 0.717) is 31.7 Å². The molecule has 25 heavy (non-hydrogen) atoms. The van der Waals surface area contributed by atoms with Gasteiger partial charge in [-0.05, 0) is 49.1 Å². The first-order chi connectivity index (χ1) is 11.2. The number of sulfone groups is 1. The van der Waals surface area contributed by atoms with Crippen LogP contribution in [0.3, 0.4) is 0 Å². The van der Waals surface area contributed by atoms with Crippen LogP contribution in [0.2, 0.25) is 0 Å². The van der Waals surface area contributed by atoms with Crippen molar-refractivity contribution in [3.8, 4) is 5.75 Å². The first-order valence-corrected chi connectivity index (χ1v) is 10.0. The van der Waals surface area contributed by atoms with Gasteiger partial charge in [0.1, 0.15) is 5.75 Å². The number of carbonyl (C=O) groups excluding carboxylic acids is 1. The van der Waals surface area contributed by atoms with Gasteiger partial charge in [0.25, 0.3) is 0 Å². The Morgan fingerprint density at radius 3 is 2.48 bits per heavy atom. The number of hydrogen-bond acceptors (Lipinski definition) is 5. The Labute approximate surface area is 156 Å². The molecule has 1 aromatic rings. The molecular formula is C17H27ClN2O4S. The van der Waals surface area contributed by atoms with Crippen molar-refractivity contribution in [2.24, 2.45) is 11.1 Å². The second-order valence-corrected chi connectivity index (χ2v) is 8.79. The fraction of sp³-hybridized carbons (Fsp3) is 0.588. The van der Waals surface area contributed by atoms with Gasteiger partial charge in [-0.3, -0.25) is 4.79 Å². The minimum absolute atomic E-state index is 0. The molecule has 6 nitrogen and oxygen atoms in total. The quantitative estimate of drug-likeness (QED) is 0.718. The number of halogens is 1. The van der Waals surface area contributed by atoms with Crippen molar-refractivity contribution >= 4 is 28.2 Å². The van der Waals surface area contributed by atoms with Gasteiger partial charge in [-0.1, -0.05) is 6.92 Å². The predicted octanol–water partition coefficient (Wildman–Crippen LogP) is 1.87. The lowest BCUT2D eigenvalue weighted by Gasteiger charge is -2.22. The summed E-state index contributed by atoms with van der Waals surface area (Å²) in [7, 11) is -3.19. The molecule has 0 spiro atoms. The van der Waals surface area contributed by atoms with Crippen LogP contribution in [-0.4, -0.2) is 51.7 Å². The highest BCUT2D eigenvalue weighted by Crippen LogP contribution is 2.28. The average molecular weight is 391 g/mol. The maximum Gasteiger partial charge on any atom is 0.222 e. The average Bonchev–Trinajstić information content (AvgIpc) is 2.94. The number of likely N-dealkylation sites (tertiary alicyclic amines) is 1. The SMILES string of the molecule is CC1(CN)CCN(C(=O)CCCOc2ccc(S(C)(=O)=O)cc2)C1.Cl. The van der Waals surface area contributed by atoms with E-state index in [9.17, 15) is 13.2 Å². The third-order valence-electron chi connectivity index (χ3n) is 4.46. The van der Waals surface area contributed by atoms with Crippen molar-refractivity contribution < 1.29 is 17.9 Å². The number of ether oxygens (including phenoxy) is 1. The molecule has 0 radical (unpaired) electrons. The van der Waals surface area contributed by atoms with Crippen LogP contribution in [0.4, 0.5) is 0 Å². The Hall–Kier alpha value is -1.31. The molecule has 0 bridgehead atoms. The molecule has 1 fully saturated rings. The van der Waals surface area contributed by atoms with Gasteiger partial charge in [0.15, 0.2) is 9.84 Å². The lowest BCUT2D eigenvalue weighted by atomic mass is 9.90. The van der Waals surface area contributed by atoms with Gasteiger partial charge in [0.05, 0.1) is 11.5 Å². The molecule has 2 rings (SSSR count). The molecule has 1 aliphatic rings. The Morgan fingerprint density at radius 1 is 1.32 bits per heavy atom. The maximum atomic E-state index is 12.2. The van der Waals surface area contributed by atoms with Gasteiger partial charge in [-0.25, -0.2) is 8.42 Å². The summed E-state index contributed by atoms with van der Waals surface area (Å²) >= 11 is 0. The van der Waals surface area contributed by atoms with Gasteiger partial charge in [-0.2, -0.15) is 0 Å². The van der Waals surface area contributed by atoms with E-state index in [2.05, 4.69) is 6.92 Å². The van der Waals surface area contributed by atoms with E-state index in [-0.39, 0.29) is 28.6 Å². The van der Waals surface area contributed by atoms with Crippen molar-refractivity contribution in [3.05, 3.63) is 24.3 Å². The predicted molar refractivity (Wildman–Crippen MR) is 99.9 cm³/mol. The molecule has 1 amide bonds. The minimum Gasteiger partial charge on any atom is -0.494 e. The van der Waals surface area contributed by atoms with Crippen molar-refractivity contribution in [1.29, 1.82) is 0 Å². The lowest BCUT2D eigenvalue weighted by Crippen LogP contribution is -2.34. The highest BCUT2D eigenvalue weighted by molar-refractivity contribution is 7.90. The normalized spacial score (nSPS) is 20.2. The molecule has 0 aliphatic carbocycles. The molecule has 1 saturated heterocycles. The Balaban J connectivity index is 0.00000312. The molecule has 1 atom stereocenters. The van der Waals surface area contributed by atoms with Crippen molar-refractivity contribution in [2.45, 2.75) is 31.1 Å². The number of amides is 1. The van der Waals surface area contributed by atoms with Crippen LogP contribution in [0.1, 0.15) is 26.2 Å². The van der Waals surface area contributed by atoms with Gasteiger partial charge in [-0.15, -0.1) is 12.4 Å². The summed E-state index contributed by atoms with van der Waals surface area (Å²) in [6.07, 6.45) is 3.20. The van der Waals surface area contributed by atoms with Crippen LogP contribution in [0, 0.1) is 5.41 Å². The fourth-order valence-electron chi connectivity index (χ4n) is 2.76. The summed E-state index contributed by atoms with van der Waals surface area (Å²) in [5.41, 5.74) is 5.81. The smallest absolute Gasteiger partial charge is 0.222 e. The van der Waals surface area contributed by atoms with E-state index >= 15 is 0 Å². The standard InChI is InChI=1S/C17H26N2O4S.ClH/c1-17(12-18)9-10-19(13-17)16(20)4-3-11-23-14-5-7-15(8-6-14)24(2,21)22;/h5-8H,3-4,9-13,18H2,1-2H3;1H. The summed E-state index contributed by atoms with van der Waals surface area (Å²) in [6, 6.07) is 6.30. The van der Waals surface area contributed by atoms with Crippen LogP contribution in [0.25, 0.3) is 0 Å². The number of benzene rings is 1. The van der Waals surface area contributed by atoms with Gasteiger partial charge in [0, 0.05) is 25.8 Å². The third kappa shape index (κ3) is 6.17. The number of hydrogen-bond donors (Lipinski definition) is 1. The number of rotatable bonds is 7. The summed E-state index contributed by atoms with van der Waals surface area (Å²) in [5.74, 6) is 0.745. The number of nitrogens with two attached hydrogens (primary N) is 1. The molecule has 1 unspecified atom stereocenters. The highest BCUT2D eigenvalue weighted by atomic mass is 35.5.